The Morgan fingerprint density at radius 1 is 1.33 bits per heavy atom. The molecule has 0 bridgehead atoms. The van der Waals surface area contributed by atoms with Crippen molar-refractivity contribution in [2.45, 2.75) is 38.6 Å². The lowest BCUT2D eigenvalue weighted by Gasteiger charge is -2.19. The third kappa shape index (κ3) is 6.38. The standard InChI is InChI=1S/C15H19F3N2O3S/c1-9(2)23-14(22)11(6-7-24-3)20-13(21)10-4-5-12(19-8-10)15(16,17)18/h4-5,8-9,11H,6-7H2,1-3H3,(H,20,21). The van der Waals surface area contributed by atoms with E-state index < -0.39 is 29.8 Å². The second-order valence-corrected chi connectivity index (χ2v) is 6.21. The van der Waals surface area contributed by atoms with E-state index in [0.29, 0.717) is 12.2 Å². The predicted molar refractivity (Wildman–Crippen MR) is 84.7 cm³/mol. The first kappa shape index (κ1) is 20.3. The molecule has 0 aliphatic rings. The average Bonchev–Trinajstić information content (AvgIpc) is 2.49. The van der Waals surface area contributed by atoms with Gasteiger partial charge >= 0.3 is 12.1 Å². The minimum absolute atomic E-state index is 0.0606. The smallest absolute Gasteiger partial charge is 0.433 e. The minimum atomic E-state index is -4.57. The van der Waals surface area contributed by atoms with Gasteiger partial charge in [0.25, 0.3) is 5.91 Å². The Kier molecular flexibility index (Phi) is 7.53. The number of pyridine rings is 1. The maximum atomic E-state index is 12.5. The van der Waals surface area contributed by atoms with Crippen LogP contribution in [0.3, 0.4) is 0 Å². The molecular formula is C15H19F3N2O3S. The molecule has 0 saturated carbocycles. The van der Waals surface area contributed by atoms with Crippen molar-refractivity contribution in [3.8, 4) is 0 Å². The van der Waals surface area contributed by atoms with Gasteiger partial charge in [-0.1, -0.05) is 0 Å². The topological polar surface area (TPSA) is 68.3 Å². The fraction of sp³-hybridized carbons (Fsp3) is 0.533. The molecule has 0 saturated heterocycles. The third-order valence-corrected chi connectivity index (χ3v) is 3.51. The van der Waals surface area contributed by atoms with Crippen LogP contribution >= 0.6 is 11.8 Å². The number of rotatable bonds is 7. The Morgan fingerprint density at radius 3 is 2.46 bits per heavy atom. The summed E-state index contributed by atoms with van der Waals surface area (Å²) in [6.07, 6.45) is -1.87. The first-order valence-electron chi connectivity index (χ1n) is 7.18. The van der Waals surface area contributed by atoms with Crippen LogP contribution in [0.5, 0.6) is 0 Å². The fourth-order valence-electron chi connectivity index (χ4n) is 1.74. The second-order valence-electron chi connectivity index (χ2n) is 5.22. The number of carbonyl (C=O) groups is 2. The van der Waals surface area contributed by atoms with Gasteiger partial charge in [-0.3, -0.25) is 9.78 Å². The SMILES string of the molecule is CSCCC(NC(=O)c1ccc(C(F)(F)F)nc1)C(=O)OC(C)C. The number of amides is 1. The molecule has 24 heavy (non-hydrogen) atoms. The van der Waals surface area contributed by atoms with E-state index in [1.54, 1.807) is 13.8 Å². The zero-order valence-electron chi connectivity index (χ0n) is 13.5. The molecule has 1 atom stereocenters. The molecule has 1 heterocycles. The lowest BCUT2D eigenvalue weighted by atomic mass is 10.2. The van der Waals surface area contributed by atoms with Gasteiger partial charge in [0, 0.05) is 6.20 Å². The summed E-state index contributed by atoms with van der Waals surface area (Å²) >= 11 is 1.50. The summed E-state index contributed by atoms with van der Waals surface area (Å²) in [6, 6.07) is 0.873. The van der Waals surface area contributed by atoms with Gasteiger partial charge in [0.2, 0.25) is 0 Å². The molecule has 5 nitrogen and oxygen atoms in total. The highest BCUT2D eigenvalue weighted by Gasteiger charge is 2.32. The van der Waals surface area contributed by atoms with Gasteiger partial charge in [-0.05, 0) is 44.4 Å². The van der Waals surface area contributed by atoms with Crippen LogP contribution in [0.4, 0.5) is 13.2 Å². The van der Waals surface area contributed by atoms with E-state index in [9.17, 15) is 22.8 Å². The number of nitrogens with one attached hydrogen (secondary N) is 1. The van der Waals surface area contributed by atoms with Crippen molar-refractivity contribution in [3.63, 3.8) is 0 Å². The first-order valence-corrected chi connectivity index (χ1v) is 8.58. The van der Waals surface area contributed by atoms with E-state index in [2.05, 4.69) is 10.3 Å². The molecule has 1 unspecified atom stereocenters. The molecule has 1 N–H and O–H groups in total. The highest BCUT2D eigenvalue weighted by Crippen LogP contribution is 2.27. The zero-order chi connectivity index (χ0) is 18.3. The zero-order valence-corrected chi connectivity index (χ0v) is 14.3. The van der Waals surface area contributed by atoms with Gasteiger partial charge < -0.3 is 10.1 Å². The average molecular weight is 364 g/mol. The number of thioether (sulfide) groups is 1. The molecule has 1 rings (SSSR count). The lowest BCUT2D eigenvalue weighted by molar-refractivity contribution is -0.149. The van der Waals surface area contributed by atoms with E-state index in [-0.39, 0.29) is 11.7 Å². The molecule has 0 spiro atoms. The van der Waals surface area contributed by atoms with Gasteiger partial charge in [-0.15, -0.1) is 0 Å². The number of ether oxygens (including phenoxy) is 1. The Morgan fingerprint density at radius 2 is 2.00 bits per heavy atom. The number of alkyl halides is 3. The highest BCUT2D eigenvalue weighted by molar-refractivity contribution is 7.98. The van der Waals surface area contributed by atoms with E-state index in [1.165, 1.54) is 11.8 Å². The molecule has 1 aromatic rings. The Balaban J connectivity index is 2.81. The van der Waals surface area contributed by atoms with Crippen LogP contribution in [-0.4, -0.2) is 41.0 Å². The van der Waals surface area contributed by atoms with Crippen LogP contribution in [-0.2, 0) is 15.7 Å². The number of aromatic nitrogens is 1. The molecule has 0 aromatic carbocycles. The van der Waals surface area contributed by atoms with Crippen LogP contribution in [0.2, 0.25) is 0 Å². The Labute approximate surface area is 142 Å². The summed E-state index contributed by atoms with van der Waals surface area (Å²) < 4.78 is 42.5. The van der Waals surface area contributed by atoms with Crippen molar-refractivity contribution in [1.82, 2.24) is 10.3 Å². The van der Waals surface area contributed by atoms with Gasteiger partial charge in [-0.2, -0.15) is 24.9 Å². The Bertz CT molecular complexity index is 562. The predicted octanol–water partition coefficient (Wildman–Crippen LogP) is 2.90. The van der Waals surface area contributed by atoms with Crippen LogP contribution < -0.4 is 5.32 Å². The summed E-state index contributed by atoms with van der Waals surface area (Å²) in [4.78, 5) is 27.4. The normalized spacial score (nSPS) is 12.8. The highest BCUT2D eigenvalue weighted by atomic mass is 32.2. The van der Waals surface area contributed by atoms with E-state index >= 15 is 0 Å². The lowest BCUT2D eigenvalue weighted by Crippen LogP contribution is -2.43. The van der Waals surface area contributed by atoms with E-state index in [4.69, 9.17) is 4.74 Å². The number of esters is 1. The van der Waals surface area contributed by atoms with Crippen molar-refractivity contribution in [1.29, 1.82) is 0 Å². The summed E-state index contributed by atoms with van der Waals surface area (Å²) in [6.45, 7) is 3.37. The first-order chi connectivity index (χ1) is 11.1. The number of nitrogens with zero attached hydrogens (tertiary/aromatic N) is 1. The molecular weight excluding hydrogens is 345 g/mol. The van der Waals surface area contributed by atoms with Gasteiger partial charge in [0.1, 0.15) is 11.7 Å². The maximum Gasteiger partial charge on any atom is 0.433 e. The van der Waals surface area contributed by atoms with Crippen LogP contribution in [0.15, 0.2) is 18.3 Å². The third-order valence-electron chi connectivity index (χ3n) is 2.87. The van der Waals surface area contributed by atoms with Crippen molar-refractivity contribution < 1.29 is 27.5 Å². The molecule has 0 aliphatic heterocycles. The summed E-state index contributed by atoms with van der Waals surface area (Å²) in [5, 5.41) is 2.48. The van der Waals surface area contributed by atoms with Crippen LogP contribution in [0.1, 0.15) is 36.3 Å². The minimum Gasteiger partial charge on any atom is -0.461 e. The number of hydrogen-bond acceptors (Lipinski definition) is 5. The summed E-state index contributed by atoms with van der Waals surface area (Å²) in [5.41, 5.74) is -1.15. The molecule has 0 radical (unpaired) electrons. The van der Waals surface area contributed by atoms with E-state index in [0.717, 1.165) is 18.3 Å². The largest absolute Gasteiger partial charge is 0.461 e. The summed E-state index contributed by atoms with van der Waals surface area (Å²) in [5.74, 6) is -0.640. The number of hydrogen-bond donors (Lipinski definition) is 1. The molecule has 0 fully saturated rings. The van der Waals surface area contributed by atoms with Crippen molar-refractivity contribution in [2.24, 2.45) is 0 Å². The second kappa shape index (κ2) is 8.91. The van der Waals surface area contributed by atoms with Gasteiger partial charge in [0.15, 0.2) is 0 Å². The van der Waals surface area contributed by atoms with E-state index in [1.807, 2.05) is 6.26 Å². The number of carbonyl (C=O) groups excluding carboxylic acids is 2. The van der Waals surface area contributed by atoms with Crippen molar-refractivity contribution in [3.05, 3.63) is 29.6 Å². The Hall–Kier alpha value is -1.77. The molecule has 1 aromatic heterocycles. The summed E-state index contributed by atoms with van der Waals surface area (Å²) in [7, 11) is 0. The van der Waals surface area contributed by atoms with Crippen molar-refractivity contribution >= 4 is 23.6 Å². The van der Waals surface area contributed by atoms with Crippen LogP contribution in [0.25, 0.3) is 0 Å². The quantitative estimate of drug-likeness (QED) is 0.754. The fourth-order valence-corrected chi connectivity index (χ4v) is 2.21. The number of halogens is 3. The van der Waals surface area contributed by atoms with Crippen LogP contribution in [0, 0.1) is 0 Å². The maximum absolute atomic E-state index is 12.5. The molecule has 134 valence electrons. The van der Waals surface area contributed by atoms with Gasteiger partial charge in [0.05, 0.1) is 11.7 Å². The molecule has 0 aliphatic carbocycles. The monoisotopic (exact) mass is 364 g/mol. The van der Waals surface area contributed by atoms with Crippen molar-refractivity contribution in [2.75, 3.05) is 12.0 Å². The molecule has 1 amide bonds. The van der Waals surface area contributed by atoms with Gasteiger partial charge in [-0.25, -0.2) is 4.79 Å². The molecule has 9 heteroatoms.